The number of aryl methyl sites for hydroxylation is 1. The van der Waals surface area contributed by atoms with Crippen LogP contribution < -0.4 is 10.1 Å². The van der Waals surface area contributed by atoms with Crippen LogP contribution >= 0.6 is 0 Å². The number of nitro benzene ring substituents is 1. The second-order valence-electron chi connectivity index (χ2n) is 7.40. The second-order valence-corrected chi connectivity index (χ2v) is 9.31. The van der Waals surface area contributed by atoms with Crippen LogP contribution in [0.5, 0.6) is 5.75 Å². The Kier molecular flexibility index (Phi) is 6.76. The SMILES string of the molecule is COc1ccc(C#N)cc1NC(=O)C1CCN(S(=O)(=O)c2cc([N+](=O)[O-])ccc2C)CC1. The van der Waals surface area contributed by atoms with Crippen LogP contribution in [-0.2, 0) is 14.8 Å². The van der Waals surface area contributed by atoms with Crippen molar-refractivity contribution in [3.05, 3.63) is 57.6 Å². The fourth-order valence-corrected chi connectivity index (χ4v) is 5.30. The normalized spacial score (nSPS) is 15.0. The van der Waals surface area contributed by atoms with Gasteiger partial charge in [-0.15, -0.1) is 0 Å². The number of nitrogens with one attached hydrogen (secondary N) is 1. The van der Waals surface area contributed by atoms with Gasteiger partial charge >= 0.3 is 0 Å². The number of benzene rings is 2. The molecule has 2 aromatic rings. The maximum atomic E-state index is 13.1. The predicted molar refractivity (Wildman–Crippen MR) is 116 cm³/mol. The van der Waals surface area contributed by atoms with Crippen LogP contribution in [-0.4, -0.2) is 43.8 Å². The fourth-order valence-electron chi connectivity index (χ4n) is 3.59. The number of methoxy groups -OCH3 is 1. The van der Waals surface area contributed by atoms with Gasteiger partial charge in [-0.3, -0.25) is 14.9 Å². The van der Waals surface area contributed by atoms with Crippen LogP contribution in [0, 0.1) is 34.3 Å². The number of carbonyl (C=O) groups is 1. The summed E-state index contributed by atoms with van der Waals surface area (Å²) in [5.41, 5.74) is 0.866. The van der Waals surface area contributed by atoms with Crippen LogP contribution in [0.2, 0.25) is 0 Å². The zero-order valence-electron chi connectivity index (χ0n) is 17.6. The molecule has 1 aliphatic rings. The monoisotopic (exact) mass is 458 g/mol. The summed E-state index contributed by atoms with van der Waals surface area (Å²) in [7, 11) is -2.48. The van der Waals surface area contributed by atoms with Gasteiger partial charge in [-0.1, -0.05) is 6.07 Å². The van der Waals surface area contributed by atoms with Crippen molar-refractivity contribution in [1.29, 1.82) is 5.26 Å². The van der Waals surface area contributed by atoms with Gasteiger partial charge in [0.25, 0.3) is 5.69 Å². The minimum absolute atomic E-state index is 0.104. The van der Waals surface area contributed by atoms with Gasteiger partial charge in [-0.2, -0.15) is 9.57 Å². The summed E-state index contributed by atoms with van der Waals surface area (Å²) in [5.74, 6) is -0.302. The standard InChI is InChI=1S/C21H22N4O6S/c1-14-3-5-17(25(27)28)12-20(14)32(29,30)24-9-7-16(8-10-24)21(26)23-18-11-15(13-22)4-6-19(18)31-2/h3-6,11-12,16H,7-10H2,1-2H3,(H,23,26). The Hall–Kier alpha value is -3.49. The van der Waals surface area contributed by atoms with E-state index in [-0.39, 0.29) is 29.6 Å². The smallest absolute Gasteiger partial charge is 0.270 e. The number of nitrogens with zero attached hydrogens (tertiary/aromatic N) is 3. The highest BCUT2D eigenvalue weighted by atomic mass is 32.2. The van der Waals surface area contributed by atoms with Crippen molar-refractivity contribution in [3.63, 3.8) is 0 Å². The Balaban J connectivity index is 1.71. The lowest BCUT2D eigenvalue weighted by Crippen LogP contribution is -2.41. The summed E-state index contributed by atoms with van der Waals surface area (Å²) in [6.07, 6.45) is 0.582. The van der Waals surface area contributed by atoms with E-state index in [2.05, 4.69) is 5.32 Å². The zero-order chi connectivity index (χ0) is 23.5. The third kappa shape index (κ3) is 4.71. The molecule has 168 valence electrons. The molecule has 0 unspecified atom stereocenters. The minimum atomic E-state index is -3.94. The van der Waals surface area contributed by atoms with E-state index in [0.29, 0.717) is 35.4 Å². The van der Waals surface area contributed by atoms with E-state index in [1.807, 2.05) is 6.07 Å². The van der Waals surface area contributed by atoms with Gasteiger partial charge < -0.3 is 10.1 Å². The molecule has 1 amide bonds. The molecule has 1 saturated heterocycles. The third-order valence-corrected chi connectivity index (χ3v) is 7.45. The maximum Gasteiger partial charge on any atom is 0.270 e. The summed E-state index contributed by atoms with van der Waals surface area (Å²) < 4.78 is 32.6. The highest BCUT2D eigenvalue weighted by molar-refractivity contribution is 7.89. The molecule has 1 N–H and O–H groups in total. The first-order chi connectivity index (χ1) is 15.2. The van der Waals surface area contributed by atoms with Crippen molar-refractivity contribution in [2.45, 2.75) is 24.7 Å². The topological polar surface area (TPSA) is 143 Å². The van der Waals surface area contributed by atoms with Gasteiger partial charge in [0, 0.05) is 31.1 Å². The molecule has 10 nitrogen and oxygen atoms in total. The van der Waals surface area contributed by atoms with E-state index < -0.39 is 20.9 Å². The number of rotatable bonds is 6. The molecule has 1 fully saturated rings. The minimum Gasteiger partial charge on any atom is -0.495 e. The number of anilines is 1. The first kappa shape index (κ1) is 23.2. The number of hydrogen-bond acceptors (Lipinski definition) is 7. The molecule has 0 aliphatic carbocycles. The van der Waals surface area contributed by atoms with Crippen molar-refractivity contribution in [3.8, 4) is 11.8 Å². The Bertz CT molecular complexity index is 1200. The molecule has 0 aromatic heterocycles. The average Bonchev–Trinajstić information content (AvgIpc) is 2.79. The van der Waals surface area contributed by atoms with Crippen molar-refractivity contribution in [2.24, 2.45) is 5.92 Å². The molecule has 0 spiro atoms. The lowest BCUT2D eigenvalue weighted by atomic mass is 9.97. The lowest BCUT2D eigenvalue weighted by Gasteiger charge is -2.31. The molecule has 32 heavy (non-hydrogen) atoms. The summed E-state index contributed by atoms with van der Waals surface area (Å²) >= 11 is 0. The second kappa shape index (κ2) is 9.33. The lowest BCUT2D eigenvalue weighted by molar-refractivity contribution is -0.385. The maximum absolute atomic E-state index is 13.1. The van der Waals surface area contributed by atoms with E-state index >= 15 is 0 Å². The molecule has 0 saturated carbocycles. The third-order valence-electron chi connectivity index (χ3n) is 5.41. The highest BCUT2D eigenvalue weighted by Gasteiger charge is 2.33. The molecule has 3 rings (SSSR count). The number of non-ortho nitro benzene ring substituents is 1. The van der Waals surface area contributed by atoms with Gasteiger partial charge in [-0.25, -0.2) is 8.42 Å². The molecule has 11 heteroatoms. The number of nitro groups is 1. The van der Waals surface area contributed by atoms with Crippen LogP contribution in [0.25, 0.3) is 0 Å². The van der Waals surface area contributed by atoms with Crippen LogP contribution in [0.3, 0.4) is 0 Å². The Morgan fingerprint density at radius 1 is 1.25 bits per heavy atom. The van der Waals surface area contributed by atoms with Crippen LogP contribution in [0.4, 0.5) is 11.4 Å². The van der Waals surface area contributed by atoms with Gasteiger partial charge in [0.2, 0.25) is 15.9 Å². The largest absolute Gasteiger partial charge is 0.495 e. The number of amides is 1. The van der Waals surface area contributed by atoms with Gasteiger partial charge in [0.05, 0.1) is 34.2 Å². The Morgan fingerprint density at radius 3 is 2.53 bits per heavy atom. The Morgan fingerprint density at radius 2 is 1.94 bits per heavy atom. The molecule has 2 aromatic carbocycles. The number of hydrogen-bond donors (Lipinski definition) is 1. The quantitative estimate of drug-likeness (QED) is 0.518. The van der Waals surface area contributed by atoms with E-state index in [0.717, 1.165) is 6.07 Å². The van der Waals surface area contributed by atoms with Gasteiger partial charge in [0.15, 0.2) is 0 Å². The molecular weight excluding hydrogens is 436 g/mol. The van der Waals surface area contributed by atoms with Gasteiger partial charge in [0.1, 0.15) is 5.75 Å². The van der Waals surface area contributed by atoms with E-state index in [4.69, 9.17) is 10.00 Å². The van der Waals surface area contributed by atoms with Crippen molar-refractivity contribution >= 4 is 27.3 Å². The summed E-state index contributed by atoms with van der Waals surface area (Å²) in [4.78, 5) is 23.1. The van der Waals surface area contributed by atoms with Crippen molar-refractivity contribution < 1.29 is 22.9 Å². The van der Waals surface area contributed by atoms with Crippen molar-refractivity contribution in [1.82, 2.24) is 4.31 Å². The fraction of sp³-hybridized carbons (Fsp3) is 0.333. The number of nitriles is 1. The van der Waals surface area contributed by atoms with E-state index in [1.54, 1.807) is 19.1 Å². The summed E-state index contributed by atoms with van der Waals surface area (Å²) in [6, 6.07) is 10.4. The number of piperidine rings is 1. The molecule has 0 bridgehead atoms. The molecule has 0 radical (unpaired) electrons. The van der Waals surface area contributed by atoms with Crippen molar-refractivity contribution in [2.75, 3.05) is 25.5 Å². The first-order valence-electron chi connectivity index (χ1n) is 9.81. The van der Waals surface area contributed by atoms with E-state index in [1.165, 1.54) is 29.6 Å². The van der Waals surface area contributed by atoms with Crippen LogP contribution in [0.1, 0.15) is 24.0 Å². The molecular formula is C21H22N4O6S. The highest BCUT2D eigenvalue weighted by Crippen LogP contribution is 2.30. The average molecular weight is 458 g/mol. The Labute approximate surface area is 185 Å². The number of sulfonamides is 1. The number of ether oxygens (including phenoxy) is 1. The summed E-state index contributed by atoms with van der Waals surface area (Å²) in [6.45, 7) is 1.80. The molecule has 1 heterocycles. The zero-order valence-corrected chi connectivity index (χ0v) is 18.4. The van der Waals surface area contributed by atoms with Gasteiger partial charge in [-0.05, 0) is 43.5 Å². The molecule has 1 aliphatic heterocycles. The van der Waals surface area contributed by atoms with Crippen LogP contribution in [0.15, 0.2) is 41.3 Å². The summed E-state index contributed by atoms with van der Waals surface area (Å²) in [5, 5.41) is 22.9. The molecule has 0 atom stereocenters. The number of carbonyl (C=O) groups excluding carboxylic acids is 1. The predicted octanol–water partition coefficient (Wildman–Crippen LogP) is 2.82. The van der Waals surface area contributed by atoms with E-state index in [9.17, 15) is 23.3 Å². The first-order valence-corrected chi connectivity index (χ1v) is 11.3.